The molecule has 0 unspecified atom stereocenters. The van der Waals surface area contributed by atoms with E-state index in [1.165, 1.54) is 0 Å². The number of rotatable bonds is 1. The Bertz CT molecular complexity index is 106. The van der Waals surface area contributed by atoms with Crippen LogP contribution in [0.15, 0.2) is 0 Å². The zero-order valence-electron chi connectivity index (χ0n) is 4.49. The van der Waals surface area contributed by atoms with Crippen molar-refractivity contribution in [1.29, 1.82) is 0 Å². The zero-order valence-corrected chi connectivity index (χ0v) is 4.49. The molecule has 0 saturated heterocycles. The van der Waals surface area contributed by atoms with Gasteiger partial charge in [-0.1, -0.05) is 13.8 Å². The summed E-state index contributed by atoms with van der Waals surface area (Å²) >= 11 is 0. The maximum Gasteiger partial charge on any atom is 0.208 e. The Balaban J connectivity index is 3.64. The van der Waals surface area contributed by atoms with Crippen LogP contribution in [0.5, 0.6) is 0 Å². The summed E-state index contributed by atoms with van der Waals surface area (Å²) in [7, 11) is 0. The van der Waals surface area contributed by atoms with Gasteiger partial charge in [0.05, 0.1) is 0 Å². The molecular formula is C6H7O. The lowest BCUT2D eigenvalue weighted by Crippen LogP contribution is -2.01. The highest BCUT2D eigenvalue weighted by Crippen LogP contribution is 1.89. The molecule has 1 nitrogen and oxygen atoms in total. The van der Waals surface area contributed by atoms with E-state index in [1.807, 2.05) is 0 Å². The highest BCUT2D eigenvalue weighted by atomic mass is 16.1. The van der Waals surface area contributed by atoms with Crippen molar-refractivity contribution in [3.8, 4) is 5.92 Å². The summed E-state index contributed by atoms with van der Waals surface area (Å²) in [4.78, 5) is 10.2. The van der Waals surface area contributed by atoms with Gasteiger partial charge in [0, 0.05) is 5.92 Å². The van der Waals surface area contributed by atoms with E-state index < -0.39 is 0 Å². The molecule has 0 amide bonds. The molecule has 1 heteroatoms. The first-order chi connectivity index (χ1) is 3.18. The van der Waals surface area contributed by atoms with Crippen LogP contribution in [-0.4, -0.2) is 5.78 Å². The van der Waals surface area contributed by atoms with Crippen molar-refractivity contribution < 1.29 is 4.79 Å². The lowest BCUT2D eigenvalue weighted by atomic mass is 10.1. The van der Waals surface area contributed by atoms with Crippen molar-refractivity contribution in [2.24, 2.45) is 5.92 Å². The lowest BCUT2D eigenvalue weighted by molar-refractivity contribution is -0.116. The van der Waals surface area contributed by atoms with Gasteiger partial charge in [0.2, 0.25) is 5.78 Å². The Labute approximate surface area is 43.7 Å². The second-order valence-corrected chi connectivity index (χ2v) is 1.64. The molecule has 0 saturated carbocycles. The normalized spacial score (nSPS) is 8.29. The SMILES string of the molecule is [C]#CC(=O)C(C)C. The van der Waals surface area contributed by atoms with Crippen LogP contribution in [0.4, 0.5) is 0 Å². The monoisotopic (exact) mass is 95.0 g/mol. The first kappa shape index (κ1) is 6.23. The molecule has 0 bridgehead atoms. The smallest absolute Gasteiger partial charge is 0.208 e. The molecule has 0 rings (SSSR count). The van der Waals surface area contributed by atoms with Gasteiger partial charge in [0.1, 0.15) is 0 Å². The molecule has 37 valence electrons. The van der Waals surface area contributed by atoms with Crippen LogP contribution in [0.3, 0.4) is 0 Å². The number of hydrogen-bond acceptors (Lipinski definition) is 1. The summed E-state index contributed by atoms with van der Waals surface area (Å²) in [5.41, 5.74) is 0. The van der Waals surface area contributed by atoms with E-state index in [9.17, 15) is 4.79 Å². The Morgan fingerprint density at radius 1 is 1.71 bits per heavy atom. The molecule has 0 aliphatic heterocycles. The van der Waals surface area contributed by atoms with Crippen molar-refractivity contribution in [3.05, 3.63) is 6.42 Å². The standard InChI is InChI=1S/C6H7O/c1-4-6(7)5(2)3/h5H,2-3H3. The average molecular weight is 95.1 g/mol. The molecular weight excluding hydrogens is 88.1 g/mol. The molecule has 0 N–H and O–H groups in total. The average Bonchev–Trinajstić information content (AvgIpc) is 1.65. The molecule has 0 aromatic carbocycles. The van der Waals surface area contributed by atoms with Crippen LogP contribution in [0.2, 0.25) is 0 Å². The van der Waals surface area contributed by atoms with Gasteiger partial charge in [-0.15, -0.1) is 0 Å². The number of hydrogen-bond donors (Lipinski definition) is 0. The van der Waals surface area contributed by atoms with Gasteiger partial charge in [-0.3, -0.25) is 4.79 Å². The van der Waals surface area contributed by atoms with Crippen LogP contribution in [-0.2, 0) is 4.79 Å². The van der Waals surface area contributed by atoms with Crippen LogP contribution in [0.25, 0.3) is 0 Å². The quantitative estimate of drug-likeness (QED) is 0.440. The second-order valence-electron chi connectivity index (χ2n) is 1.64. The summed E-state index contributed by atoms with van der Waals surface area (Å²) in [5, 5.41) is 0. The van der Waals surface area contributed by atoms with Crippen molar-refractivity contribution in [1.82, 2.24) is 0 Å². The van der Waals surface area contributed by atoms with Crippen molar-refractivity contribution in [2.45, 2.75) is 13.8 Å². The molecule has 0 atom stereocenters. The summed E-state index contributed by atoms with van der Waals surface area (Å²) in [6.45, 7) is 3.48. The maximum absolute atomic E-state index is 10.2. The van der Waals surface area contributed by atoms with Gasteiger partial charge >= 0.3 is 0 Å². The van der Waals surface area contributed by atoms with Gasteiger partial charge < -0.3 is 0 Å². The minimum absolute atomic E-state index is 0.0718. The molecule has 0 aromatic heterocycles. The largest absolute Gasteiger partial charge is 0.285 e. The van der Waals surface area contributed by atoms with Crippen LogP contribution < -0.4 is 0 Å². The molecule has 0 aliphatic carbocycles. The van der Waals surface area contributed by atoms with E-state index in [1.54, 1.807) is 19.8 Å². The van der Waals surface area contributed by atoms with E-state index in [0.29, 0.717) is 0 Å². The minimum Gasteiger partial charge on any atom is -0.285 e. The molecule has 7 heavy (non-hydrogen) atoms. The third-order valence-electron chi connectivity index (χ3n) is 0.648. The van der Waals surface area contributed by atoms with E-state index in [-0.39, 0.29) is 11.7 Å². The third kappa shape index (κ3) is 1.99. The third-order valence-corrected chi connectivity index (χ3v) is 0.648. The zero-order chi connectivity index (χ0) is 5.86. The molecule has 1 radical (unpaired) electrons. The number of carbonyl (C=O) groups excluding carboxylic acids is 1. The fraction of sp³-hybridized carbons (Fsp3) is 0.500. The molecule has 0 spiro atoms. The molecule has 0 fully saturated rings. The predicted octanol–water partition coefficient (Wildman–Crippen LogP) is 0.801. The fourth-order valence-corrected chi connectivity index (χ4v) is 0.144. The van der Waals surface area contributed by atoms with Crippen molar-refractivity contribution in [3.63, 3.8) is 0 Å². The van der Waals surface area contributed by atoms with E-state index in [0.717, 1.165) is 0 Å². The first-order valence-electron chi connectivity index (χ1n) is 2.15. The lowest BCUT2D eigenvalue weighted by Gasteiger charge is -1.89. The minimum atomic E-state index is -0.236. The Morgan fingerprint density at radius 3 is 2.14 bits per heavy atom. The maximum atomic E-state index is 10.2. The summed E-state index contributed by atoms with van der Waals surface area (Å²) in [6, 6.07) is 0. The predicted molar refractivity (Wildman–Crippen MR) is 27.0 cm³/mol. The number of Topliss-reactive ketones (excluding diaryl/α,β-unsaturated/α-hetero) is 1. The van der Waals surface area contributed by atoms with Crippen LogP contribution in [0, 0.1) is 18.3 Å². The summed E-state index contributed by atoms with van der Waals surface area (Å²) in [6.07, 6.45) is 6.34. The summed E-state index contributed by atoms with van der Waals surface area (Å²) in [5.74, 6) is 1.47. The Hall–Kier alpha value is -0.770. The highest BCUT2D eigenvalue weighted by molar-refractivity contribution is 5.95. The van der Waals surface area contributed by atoms with Gasteiger partial charge in [-0.25, -0.2) is 0 Å². The number of carbonyl (C=O) groups is 1. The molecule has 0 aromatic rings. The molecule has 0 aliphatic rings. The summed E-state index contributed by atoms with van der Waals surface area (Å²) < 4.78 is 0. The number of ketones is 1. The van der Waals surface area contributed by atoms with Crippen molar-refractivity contribution in [2.75, 3.05) is 0 Å². The van der Waals surface area contributed by atoms with E-state index in [4.69, 9.17) is 6.42 Å². The van der Waals surface area contributed by atoms with E-state index in [2.05, 4.69) is 0 Å². The molecule has 0 heterocycles. The van der Waals surface area contributed by atoms with Crippen LogP contribution >= 0.6 is 0 Å². The van der Waals surface area contributed by atoms with Gasteiger partial charge in [0.15, 0.2) is 0 Å². The Kier molecular flexibility index (Phi) is 2.15. The highest BCUT2D eigenvalue weighted by Gasteiger charge is 1.99. The Morgan fingerprint density at radius 2 is 2.14 bits per heavy atom. The first-order valence-corrected chi connectivity index (χ1v) is 2.15. The van der Waals surface area contributed by atoms with Gasteiger partial charge in [-0.2, -0.15) is 0 Å². The van der Waals surface area contributed by atoms with Crippen molar-refractivity contribution >= 4 is 5.78 Å². The fourth-order valence-electron chi connectivity index (χ4n) is 0.144. The topological polar surface area (TPSA) is 17.1 Å². The van der Waals surface area contributed by atoms with E-state index >= 15 is 0 Å². The van der Waals surface area contributed by atoms with Gasteiger partial charge in [-0.05, 0) is 12.3 Å². The second kappa shape index (κ2) is 2.41. The van der Waals surface area contributed by atoms with Gasteiger partial charge in [0.25, 0.3) is 0 Å². The van der Waals surface area contributed by atoms with Crippen LogP contribution in [0.1, 0.15) is 13.8 Å².